The lowest BCUT2D eigenvalue weighted by atomic mass is 10.1. The normalized spacial score (nSPS) is 10.5. The summed E-state index contributed by atoms with van der Waals surface area (Å²) in [5.41, 5.74) is 3.24. The summed E-state index contributed by atoms with van der Waals surface area (Å²) in [5.74, 6) is -0.304. The summed E-state index contributed by atoms with van der Waals surface area (Å²) in [6, 6.07) is 11.6. The Morgan fingerprint density at radius 1 is 1.20 bits per heavy atom. The summed E-state index contributed by atoms with van der Waals surface area (Å²) in [7, 11) is 0. The minimum Gasteiger partial charge on any atom is -0.395 e. The molecule has 30 heavy (non-hydrogen) atoms. The summed E-state index contributed by atoms with van der Waals surface area (Å²) < 4.78 is 0. The van der Waals surface area contributed by atoms with Gasteiger partial charge in [0.25, 0.3) is 5.69 Å². The van der Waals surface area contributed by atoms with Gasteiger partial charge in [0.1, 0.15) is 0 Å². The van der Waals surface area contributed by atoms with E-state index in [1.807, 2.05) is 30.5 Å². The van der Waals surface area contributed by atoms with Crippen LogP contribution in [0.4, 0.5) is 22.7 Å². The number of nitro benzene ring substituents is 1. The first-order valence-electron chi connectivity index (χ1n) is 9.15. The van der Waals surface area contributed by atoms with Crippen molar-refractivity contribution in [1.82, 2.24) is 4.98 Å². The van der Waals surface area contributed by atoms with E-state index < -0.39 is 4.92 Å². The van der Waals surface area contributed by atoms with Gasteiger partial charge in [0, 0.05) is 35.3 Å². The van der Waals surface area contributed by atoms with Crippen molar-refractivity contribution in [3.05, 3.63) is 63.0 Å². The molecule has 3 aromatic rings. The largest absolute Gasteiger partial charge is 0.395 e. The fraction of sp³-hybridized carbons (Fsp3) is 0.200. The Hall–Kier alpha value is -3.50. The third-order valence-corrected chi connectivity index (χ3v) is 4.92. The lowest BCUT2D eigenvalue weighted by molar-refractivity contribution is -0.384. The molecule has 4 N–H and O–H groups in total. The van der Waals surface area contributed by atoms with Crippen LogP contribution in [0.15, 0.2) is 47.8 Å². The van der Waals surface area contributed by atoms with Gasteiger partial charge in [-0.05, 0) is 25.1 Å². The molecular weight excluding hydrogens is 406 g/mol. The lowest BCUT2D eigenvalue weighted by Gasteiger charge is -2.13. The predicted octanol–water partition coefficient (Wildman–Crippen LogP) is 3.48. The maximum absolute atomic E-state index is 12.4. The second kappa shape index (κ2) is 9.81. The fourth-order valence-corrected chi connectivity index (χ4v) is 3.39. The van der Waals surface area contributed by atoms with Crippen LogP contribution in [0, 0.1) is 17.0 Å². The summed E-state index contributed by atoms with van der Waals surface area (Å²) in [4.78, 5) is 27.4. The van der Waals surface area contributed by atoms with Gasteiger partial charge in [0.05, 0.1) is 40.2 Å². The molecule has 0 atom stereocenters. The summed E-state index contributed by atoms with van der Waals surface area (Å²) >= 11 is 1.56. The molecule has 1 aromatic heterocycles. The molecular formula is C20H21N5O4S. The van der Waals surface area contributed by atoms with E-state index in [9.17, 15) is 14.9 Å². The van der Waals surface area contributed by atoms with Gasteiger partial charge >= 0.3 is 0 Å². The maximum atomic E-state index is 12.4. The number of anilines is 3. The molecule has 0 aliphatic rings. The highest BCUT2D eigenvalue weighted by molar-refractivity contribution is 7.09. The number of nitro groups is 1. The first kappa shape index (κ1) is 21.2. The van der Waals surface area contributed by atoms with E-state index in [0.717, 1.165) is 16.3 Å². The molecule has 0 unspecified atom stereocenters. The summed E-state index contributed by atoms with van der Waals surface area (Å²) in [5, 5.41) is 31.6. The number of nitrogens with one attached hydrogen (secondary N) is 3. The minimum atomic E-state index is -0.507. The molecule has 0 saturated heterocycles. The van der Waals surface area contributed by atoms with Crippen molar-refractivity contribution in [3.63, 3.8) is 0 Å². The Bertz CT molecular complexity index is 1050. The van der Waals surface area contributed by atoms with Crippen molar-refractivity contribution < 1.29 is 14.8 Å². The molecule has 2 aromatic carbocycles. The van der Waals surface area contributed by atoms with Gasteiger partial charge in [0.2, 0.25) is 5.91 Å². The molecule has 1 amide bonds. The van der Waals surface area contributed by atoms with Crippen molar-refractivity contribution >= 4 is 40.0 Å². The van der Waals surface area contributed by atoms with Crippen LogP contribution >= 0.6 is 11.3 Å². The van der Waals surface area contributed by atoms with Gasteiger partial charge in [-0.3, -0.25) is 14.9 Å². The average Bonchev–Trinajstić information content (AvgIpc) is 3.17. The number of carbonyl (C=O) groups excluding carboxylic acids is 1. The molecule has 3 rings (SSSR count). The molecule has 10 heteroatoms. The van der Waals surface area contributed by atoms with Crippen molar-refractivity contribution in [2.24, 2.45) is 0 Å². The van der Waals surface area contributed by atoms with E-state index in [0.29, 0.717) is 17.1 Å². The highest BCUT2D eigenvalue weighted by Gasteiger charge is 2.12. The number of nitrogens with zero attached hydrogens (tertiary/aromatic N) is 2. The Morgan fingerprint density at radius 2 is 2.03 bits per heavy atom. The van der Waals surface area contributed by atoms with Gasteiger partial charge in [-0.25, -0.2) is 4.98 Å². The fourth-order valence-electron chi connectivity index (χ4n) is 2.77. The molecule has 156 valence electrons. The van der Waals surface area contributed by atoms with Gasteiger partial charge in [-0.15, -0.1) is 11.3 Å². The number of aromatic nitrogens is 1. The number of non-ortho nitro benzene ring substituents is 1. The molecule has 0 aliphatic heterocycles. The van der Waals surface area contributed by atoms with Gasteiger partial charge < -0.3 is 21.1 Å². The van der Waals surface area contributed by atoms with Gasteiger partial charge in [-0.1, -0.05) is 12.1 Å². The second-order valence-corrected chi connectivity index (χ2v) is 7.43. The zero-order valence-electron chi connectivity index (χ0n) is 16.2. The highest BCUT2D eigenvalue weighted by atomic mass is 32.1. The summed E-state index contributed by atoms with van der Waals surface area (Å²) in [6.07, 6.45) is 0. The van der Waals surface area contributed by atoms with Gasteiger partial charge in [0.15, 0.2) is 0 Å². The molecule has 0 bridgehead atoms. The first-order chi connectivity index (χ1) is 14.5. The third-order valence-electron chi connectivity index (χ3n) is 4.14. The van der Waals surface area contributed by atoms with E-state index in [-0.39, 0.29) is 31.3 Å². The Labute approximate surface area is 176 Å². The Morgan fingerprint density at radius 3 is 2.73 bits per heavy atom. The molecule has 0 saturated carbocycles. The second-order valence-electron chi connectivity index (χ2n) is 6.37. The number of aryl methyl sites for hydroxylation is 1. The molecule has 0 fully saturated rings. The molecule has 0 spiro atoms. The zero-order valence-corrected chi connectivity index (χ0v) is 17.0. The zero-order chi connectivity index (χ0) is 21.5. The van der Waals surface area contributed by atoms with Crippen LogP contribution in [-0.2, 0) is 4.79 Å². The third kappa shape index (κ3) is 5.52. The van der Waals surface area contributed by atoms with Crippen LogP contribution in [0.1, 0.15) is 5.01 Å². The topological polar surface area (TPSA) is 129 Å². The van der Waals surface area contributed by atoms with Crippen LogP contribution in [0.25, 0.3) is 11.3 Å². The summed E-state index contributed by atoms with van der Waals surface area (Å²) in [6.45, 7) is 2.03. The monoisotopic (exact) mass is 427 g/mol. The number of rotatable bonds is 9. The van der Waals surface area contributed by atoms with Crippen molar-refractivity contribution in [1.29, 1.82) is 0 Å². The van der Waals surface area contributed by atoms with E-state index in [1.165, 1.54) is 18.2 Å². The number of benzene rings is 2. The molecule has 0 radical (unpaired) electrons. The van der Waals surface area contributed by atoms with Crippen molar-refractivity contribution in [2.45, 2.75) is 6.92 Å². The van der Waals surface area contributed by atoms with Crippen LogP contribution in [0.2, 0.25) is 0 Å². The van der Waals surface area contributed by atoms with Crippen molar-refractivity contribution in [3.8, 4) is 11.3 Å². The average molecular weight is 427 g/mol. The van der Waals surface area contributed by atoms with Crippen molar-refractivity contribution in [2.75, 3.05) is 35.6 Å². The molecule has 0 aliphatic carbocycles. The number of carbonyl (C=O) groups is 1. The number of aliphatic hydroxyl groups is 1. The quantitative estimate of drug-likeness (QED) is 0.304. The maximum Gasteiger partial charge on any atom is 0.271 e. The lowest BCUT2D eigenvalue weighted by Crippen LogP contribution is -2.22. The van der Waals surface area contributed by atoms with E-state index in [1.54, 1.807) is 17.4 Å². The van der Waals surface area contributed by atoms with Crippen LogP contribution in [0.3, 0.4) is 0 Å². The van der Waals surface area contributed by atoms with E-state index >= 15 is 0 Å². The van der Waals surface area contributed by atoms with Gasteiger partial charge in [-0.2, -0.15) is 0 Å². The minimum absolute atomic E-state index is 0.0883. The number of hydrogen-bond acceptors (Lipinski definition) is 8. The standard InChI is InChI=1S/C20H21N5O4S/c1-13-23-19(12-30-13)14-3-2-4-15(9-14)24-20(27)11-22-18-10-16(25(28)29)5-6-17(18)21-7-8-26/h2-6,9-10,12,21-22,26H,7-8,11H2,1H3,(H,24,27). The molecule has 1 heterocycles. The van der Waals surface area contributed by atoms with Crippen LogP contribution in [0.5, 0.6) is 0 Å². The first-order valence-corrected chi connectivity index (χ1v) is 10.0. The molecule has 9 nitrogen and oxygen atoms in total. The number of hydrogen-bond donors (Lipinski definition) is 4. The predicted molar refractivity (Wildman–Crippen MR) is 118 cm³/mol. The van der Waals surface area contributed by atoms with E-state index in [2.05, 4.69) is 20.9 Å². The van der Waals surface area contributed by atoms with E-state index in [4.69, 9.17) is 5.11 Å². The Balaban J connectivity index is 1.67. The van der Waals surface area contributed by atoms with Crippen LogP contribution < -0.4 is 16.0 Å². The Kier molecular flexibility index (Phi) is 6.94. The number of thiazole rings is 1. The highest BCUT2D eigenvalue weighted by Crippen LogP contribution is 2.27. The number of aliphatic hydroxyl groups excluding tert-OH is 1. The smallest absolute Gasteiger partial charge is 0.271 e. The SMILES string of the molecule is Cc1nc(-c2cccc(NC(=O)CNc3cc([N+](=O)[O-])ccc3NCCO)c2)cs1. The van der Waals surface area contributed by atoms with Crippen LogP contribution in [-0.4, -0.2) is 40.6 Å². The number of amides is 1.